The van der Waals surface area contributed by atoms with Gasteiger partial charge in [-0.05, 0) is 25.0 Å². The molecule has 1 aromatic heterocycles. The van der Waals surface area contributed by atoms with E-state index in [4.69, 9.17) is 4.42 Å². The summed E-state index contributed by atoms with van der Waals surface area (Å²) in [5, 5.41) is 0. The van der Waals surface area contributed by atoms with Crippen molar-refractivity contribution in [2.24, 2.45) is 0 Å². The number of furan rings is 1. The van der Waals surface area contributed by atoms with E-state index in [1.54, 1.807) is 23.3 Å². The molecule has 0 saturated carbocycles. The smallest absolute Gasteiger partial charge is 0.230 e. The lowest BCUT2D eigenvalue weighted by molar-refractivity contribution is -0.131. The van der Waals surface area contributed by atoms with Gasteiger partial charge in [0, 0.05) is 6.54 Å². The molecule has 0 aliphatic carbocycles. The van der Waals surface area contributed by atoms with Gasteiger partial charge < -0.3 is 9.32 Å². The van der Waals surface area contributed by atoms with Crippen LogP contribution in [0.15, 0.2) is 22.8 Å². The lowest BCUT2D eigenvalue weighted by Crippen LogP contribution is -2.37. The number of likely N-dealkylation sites (tertiary alicyclic amines) is 1. The van der Waals surface area contributed by atoms with Crippen LogP contribution in [0.1, 0.15) is 18.6 Å². The molecule has 0 N–H and O–H groups in total. The first kappa shape index (κ1) is 10.2. The predicted molar refractivity (Wildman–Crippen MR) is 53.1 cm³/mol. The van der Waals surface area contributed by atoms with Crippen LogP contribution in [-0.2, 0) is 11.2 Å². The molecule has 2 rings (SSSR count). The first-order valence-electron chi connectivity index (χ1n) is 5.19. The summed E-state index contributed by atoms with van der Waals surface area (Å²) in [7, 11) is 0. The van der Waals surface area contributed by atoms with Crippen molar-refractivity contribution in [3.8, 4) is 0 Å². The van der Waals surface area contributed by atoms with E-state index in [2.05, 4.69) is 0 Å². The molecule has 1 fully saturated rings. The minimum atomic E-state index is -0.441. The number of amides is 1. The second-order valence-corrected chi connectivity index (χ2v) is 3.79. The Morgan fingerprint density at radius 1 is 1.67 bits per heavy atom. The summed E-state index contributed by atoms with van der Waals surface area (Å²) < 4.78 is 17.7. The maximum atomic E-state index is 12.6. The van der Waals surface area contributed by atoms with E-state index in [1.165, 1.54) is 0 Å². The van der Waals surface area contributed by atoms with Gasteiger partial charge in [0.25, 0.3) is 0 Å². The molecule has 1 amide bonds. The van der Waals surface area contributed by atoms with Gasteiger partial charge in [0.15, 0.2) is 0 Å². The van der Waals surface area contributed by atoms with Gasteiger partial charge >= 0.3 is 0 Å². The van der Waals surface area contributed by atoms with E-state index in [-0.39, 0.29) is 18.4 Å². The summed E-state index contributed by atoms with van der Waals surface area (Å²) in [4.78, 5) is 13.4. The summed E-state index contributed by atoms with van der Waals surface area (Å²) in [5.74, 6) is 0.606. The van der Waals surface area contributed by atoms with Crippen LogP contribution in [0.3, 0.4) is 0 Å². The average molecular weight is 211 g/mol. The zero-order valence-electron chi connectivity index (χ0n) is 8.49. The predicted octanol–water partition coefficient (Wildman–Crippen LogP) is 1.78. The molecule has 2 heterocycles. The third-order valence-corrected chi connectivity index (χ3v) is 2.78. The fourth-order valence-corrected chi connectivity index (χ4v) is 1.99. The van der Waals surface area contributed by atoms with Crippen molar-refractivity contribution < 1.29 is 13.6 Å². The SMILES string of the molecule is O=C(Cc1ccco1)N1CCCC1CF. The normalized spacial score (nSPS) is 20.9. The van der Waals surface area contributed by atoms with E-state index in [9.17, 15) is 9.18 Å². The Bertz CT molecular complexity index is 323. The molecule has 1 aromatic rings. The molecule has 4 heteroatoms. The fraction of sp³-hybridized carbons (Fsp3) is 0.545. The molecule has 1 aliphatic heterocycles. The third-order valence-electron chi connectivity index (χ3n) is 2.78. The van der Waals surface area contributed by atoms with E-state index < -0.39 is 6.67 Å². The number of alkyl halides is 1. The zero-order chi connectivity index (χ0) is 10.7. The van der Waals surface area contributed by atoms with Gasteiger partial charge in [0.2, 0.25) is 5.91 Å². The van der Waals surface area contributed by atoms with Crippen molar-refractivity contribution in [2.45, 2.75) is 25.3 Å². The molecular weight excluding hydrogens is 197 g/mol. The molecule has 3 nitrogen and oxygen atoms in total. The highest BCUT2D eigenvalue weighted by Crippen LogP contribution is 2.19. The van der Waals surface area contributed by atoms with Crippen LogP contribution in [0.4, 0.5) is 4.39 Å². The van der Waals surface area contributed by atoms with Gasteiger partial charge in [-0.25, -0.2) is 4.39 Å². The molecule has 1 saturated heterocycles. The second kappa shape index (κ2) is 4.47. The van der Waals surface area contributed by atoms with E-state index in [0.29, 0.717) is 12.3 Å². The van der Waals surface area contributed by atoms with E-state index in [0.717, 1.165) is 12.8 Å². The van der Waals surface area contributed by atoms with Crippen LogP contribution in [0.2, 0.25) is 0 Å². The third kappa shape index (κ3) is 2.19. The van der Waals surface area contributed by atoms with Crippen molar-refractivity contribution in [1.29, 1.82) is 0 Å². The molecular formula is C11H14FNO2. The lowest BCUT2D eigenvalue weighted by Gasteiger charge is -2.21. The molecule has 0 bridgehead atoms. The first-order chi connectivity index (χ1) is 7.31. The number of hydrogen-bond acceptors (Lipinski definition) is 2. The quantitative estimate of drug-likeness (QED) is 0.763. The molecule has 15 heavy (non-hydrogen) atoms. The minimum Gasteiger partial charge on any atom is -0.469 e. The highest BCUT2D eigenvalue weighted by atomic mass is 19.1. The number of rotatable bonds is 3. The van der Waals surface area contributed by atoms with Crippen LogP contribution in [0.5, 0.6) is 0 Å². The van der Waals surface area contributed by atoms with Gasteiger partial charge in [-0.3, -0.25) is 4.79 Å². The van der Waals surface area contributed by atoms with Crippen molar-refractivity contribution >= 4 is 5.91 Å². The molecule has 0 spiro atoms. The van der Waals surface area contributed by atoms with Gasteiger partial charge in [-0.1, -0.05) is 0 Å². The number of hydrogen-bond donors (Lipinski definition) is 0. The molecule has 1 atom stereocenters. The van der Waals surface area contributed by atoms with Crippen LogP contribution >= 0.6 is 0 Å². The van der Waals surface area contributed by atoms with E-state index in [1.807, 2.05) is 0 Å². The first-order valence-corrected chi connectivity index (χ1v) is 5.19. The number of nitrogens with zero attached hydrogens (tertiary/aromatic N) is 1. The number of carbonyl (C=O) groups excluding carboxylic acids is 1. The molecule has 0 aromatic carbocycles. The Kier molecular flexibility index (Phi) is 3.04. The van der Waals surface area contributed by atoms with Gasteiger partial charge in [0.05, 0.1) is 18.7 Å². The monoisotopic (exact) mass is 211 g/mol. The average Bonchev–Trinajstić information content (AvgIpc) is 2.86. The molecule has 1 aliphatic rings. The standard InChI is InChI=1S/C11H14FNO2/c12-8-9-3-1-5-13(9)11(14)7-10-4-2-6-15-10/h2,4,6,9H,1,3,5,7-8H2. The molecule has 0 radical (unpaired) electrons. The maximum Gasteiger partial charge on any atom is 0.230 e. The summed E-state index contributed by atoms with van der Waals surface area (Å²) >= 11 is 0. The minimum absolute atomic E-state index is 0.0369. The Balaban J connectivity index is 1.96. The summed E-state index contributed by atoms with van der Waals surface area (Å²) in [6.07, 6.45) is 3.46. The Morgan fingerprint density at radius 2 is 2.53 bits per heavy atom. The largest absolute Gasteiger partial charge is 0.469 e. The molecule has 82 valence electrons. The Hall–Kier alpha value is -1.32. The summed E-state index contributed by atoms with van der Waals surface area (Å²) in [6.45, 7) is 0.234. The highest BCUT2D eigenvalue weighted by Gasteiger charge is 2.28. The van der Waals surface area contributed by atoms with Crippen molar-refractivity contribution in [3.05, 3.63) is 24.2 Å². The molecule has 1 unspecified atom stereocenters. The van der Waals surface area contributed by atoms with E-state index >= 15 is 0 Å². The number of halogens is 1. The van der Waals surface area contributed by atoms with Crippen LogP contribution in [0, 0.1) is 0 Å². The summed E-state index contributed by atoms with van der Waals surface area (Å²) in [6, 6.07) is 3.30. The number of carbonyl (C=O) groups is 1. The van der Waals surface area contributed by atoms with Crippen molar-refractivity contribution in [3.63, 3.8) is 0 Å². The Labute approximate surface area is 87.9 Å². The summed E-state index contributed by atoms with van der Waals surface area (Å²) in [5.41, 5.74) is 0. The lowest BCUT2D eigenvalue weighted by atomic mass is 10.2. The Morgan fingerprint density at radius 3 is 3.20 bits per heavy atom. The van der Waals surface area contributed by atoms with Crippen LogP contribution < -0.4 is 0 Å². The van der Waals surface area contributed by atoms with Crippen molar-refractivity contribution in [1.82, 2.24) is 4.90 Å². The highest BCUT2D eigenvalue weighted by molar-refractivity contribution is 5.78. The fourth-order valence-electron chi connectivity index (χ4n) is 1.99. The zero-order valence-corrected chi connectivity index (χ0v) is 8.49. The van der Waals surface area contributed by atoms with Crippen LogP contribution in [-0.4, -0.2) is 30.1 Å². The second-order valence-electron chi connectivity index (χ2n) is 3.79. The van der Waals surface area contributed by atoms with Gasteiger partial charge in [-0.15, -0.1) is 0 Å². The van der Waals surface area contributed by atoms with Crippen molar-refractivity contribution in [2.75, 3.05) is 13.2 Å². The maximum absolute atomic E-state index is 12.6. The van der Waals surface area contributed by atoms with Gasteiger partial charge in [-0.2, -0.15) is 0 Å². The topological polar surface area (TPSA) is 33.5 Å². The van der Waals surface area contributed by atoms with Crippen LogP contribution in [0.25, 0.3) is 0 Å². The van der Waals surface area contributed by atoms with Gasteiger partial charge in [0.1, 0.15) is 12.4 Å².